The van der Waals surface area contributed by atoms with Crippen molar-refractivity contribution in [2.45, 2.75) is 20.0 Å². The van der Waals surface area contributed by atoms with E-state index < -0.39 is 0 Å². The number of ether oxygens (including phenoxy) is 1. The molecule has 1 atom stereocenters. The predicted octanol–water partition coefficient (Wildman–Crippen LogP) is 1.96. The highest BCUT2D eigenvalue weighted by Crippen LogP contribution is 2.17. The monoisotopic (exact) mass is 256 g/mol. The van der Waals surface area contributed by atoms with Gasteiger partial charge < -0.3 is 10.1 Å². The molecule has 0 aliphatic carbocycles. The van der Waals surface area contributed by atoms with Crippen LogP contribution in [-0.2, 0) is 4.74 Å². The number of benzene rings is 1. The standard InChI is InChI=1S/C15H16N2O2/c1-10-3-5-12(6-4-10)15(18)13(9-16)14-11(2)19-8-7-17-14/h3-6,11,17H,7-8H2,1-2H3/b14-13-. The number of nitrogens with one attached hydrogen (secondary N) is 1. The van der Waals surface area contributed by atoms with Crippen LogP contribution in [0.25, 0.3) is 0 Å². The summed E-state index contributed by atoms with van der Waals surface area (Å²) in [5.74, 6) is -0.262. The molecule has 1 fully saturated rings. The summed E-state index contributed by atoms with van der Waals surface area (Å²) in [5.41, 5.74) is 2.32. The lowest BCUT2D eigenvalue weighted by molar-refractivity contribution is 0.0645. The molecule has 0 radical (unpaired) electrons. The van der Waals surface area contributed by atoms with Crippen molar-refractivity contribution in [3.63, 3.8) is 0 Å². The molecule has 2 rings (SSSR count). The van der Waals surface area contributed by atoms with Crippen molar-refractivity contribution in [3.05, 3.63) is 46.7 Å². The molecule has 4 heteroatoms. The number of hydrogen-bond donors (Lipinski definition) is 1. The van der Waals surface area contributed by atoms with Gasteiger partial charge >= 0.3 is 0 Å². The van der Waals surface area contributed by atoms with E-state index in [-0.39, 0.29) is 17.5 Å². The lowest BCUT2D eigenvalue weighted by Crippen LogP contribution is -2.36. The van der Waals surface area contributed by atoms with E-state index in [4.69, 9.17) is 4.74 Å². The molecular weight excluding hydrogens is 240 g/mol. The maximum absolute atomic E-state index is 12.4. The zero-order valence-corrected chi connectivity index (χ0v) is 11.1. The Morgan fingerprint density at radius 1 is 1.42 bits per heavy atom. The van der Waals surface area contributed by atoms with Crippen LogP contribution in [0, 0.1) is 18.3 Å². The van der Waals surface area contributed by atoms with Gasteiger partial charge in [-0.15, -0.1) is 0 Å². The molecule has 1 heterocycles. The second-order valence-corrected chi connectivity index (χ2v) is 4.54. The van der Waals surface area contributed by atoms with Crippen molar-refractivity contribution in [1.82, 2.24) is 5.32 Å². The Balaban J connectivity index is 2.37. The van der Waals surface area contributed by atoms with Gasteiger partial charge in [-0.25, -0.2) is 0 Å². The van der Waals surface area contributed by atoms with Gasteiger partial charge in [0.1, 0.15) is 11.6 Å². The zero-order valence-electron chi connectivity index (χ0n) is 11.1. The SMILES string of the molecule is Cc1ccc(C(=O)/C(C#N)=C2\NCCOC2C)cc1. The number of allylic oxidation sites excluding steroid dienone is 1. The third-order valence-electron chi connectivity index (χ3n) is 3.11. The first-order chi connectivity index (χ1) is 9.13. The normalized spacial score (nSPS) is 21.2. The quantitative estimate of drug-likeness (QED) is 0.499. The molecule has 0 amide bonds. The molecule has 1 unspecified atom stereocenters. The number of rotatable bonds is 2. The number of nitrogens with zero attached hydrogens (tertiary/aromatic N) is 1. The molecule has 1 aromatic rings. The maximum atomic E-state index is 12.4. The minimum absolute atomic E-state index is 0.135. The fourth-order valence-corrected chi connectivity index (χ4v) is 2.02. The van der Waals surface area contributed by atoms with Gasteiger partial charge in [0.2, 0.25) is 5.78 Å². The van der Waals surface area contributed by atoms with Gasteiger partial charge in [-0.05, 0) is 13.8 Å². The first-order valence-electron chi connectivity index (χ1n) is 6.24. The third kappa shape index (κ3) is 2.83. The minimum atomic E-state index is -0.262. The second kappa shape index (κ2) is 5.68. The number of Topliss-reactive ketones (excluding diaryl/α,β-unsaturated/α-hetero) is 1. The molecule has 0 spiro atoms. The molecule has 98 valence electrons. The smallest absolute Gasteiger partial charge is 0.205 e. The Bertz CT molecular complexity index is 553. The molecule has 1 aliphatic rings. The van der Waals surface area contributed by atoms with E-state index in [1.54, 1.807) is 12.1 Å². The van der Waals surface area contributed by atoms with Gasteiger partial charge in [-0.2, -0.15) is 5.26 Å². The van der Waals surface area contributed by atoms with Crippen LogP contribution in [0.2, 0.25) is 0 Å². The first kappa shape index (κ1) is 13.3. The number of nitriles is 1. The van der Waals surface area contributed by atoms with Crippen LogP contribution in [0.5, 0.6) is 0 Å². The average molecular weight is 256 g/mol. The highest BCUT2D eigenvalue weighted by Gasteiger charge is 2.23. The summed E-state index contributed by atoms with van der Waals surface area (Å²) >= 11 is 0. The van der Waals surface area contributed by atoms with E-state index in [0.29, 0.717) is 24.4 Å². The molecule has 1 saturated heterocycles. The lowest BCUT2D eigenvalue weighted by atomic mass is 9.99. The van der Waals surface area contributed by atoms with Crippen LogP contribution >= 0.6 is 0 Å². The summed E-state index contributed by atoms with van der Waals surface area (Å²) in [7, 11) is 0. The second-order valence-electron chi connectivity index (χ2n) is 4.54. The summed E-state index contributed by atoms with van der Waals surface area (Å²) in [4.78, 5) is 12.4. The largest absolute Gasteiger partial charge is 0.383 e. The van der Waals surface area contributed by atoms with E-state index in [1.165, 1.54) is 0 Å². The number of carbonyl (C=O) groups is 1. The Labute approximate surface area is 112 Å². The molecule has 1 aromatic carbocycles. The molecule has 0 aromatic heterocycles. The molecule has 0 bridgehead atoms. The van der Waals surface area contributed by atoms with Gasteiger partial charge in [0, 0.05) is 12.1 Å². The van der Waals surface area contributed by atoms with Gasteiger partial charge in [0.05, 0.1) is 18.4 Å². The highest BCUT2D eigenvalue weighted by atomic mass is 16.5. The summed E-state index contributed by atoms with van der Waals surface area (Å²) in [6, 6.07) is 9.21. The number of aryl methyl sites for hydroxylation is 1. The van der Waals surface area contributed by atoms with Crippen molar-refractivity contribution < 1.29 is 9.53 Å². The van der Waals surface area contributed by atoms with Gasteiger partial charge in [0.15, 0.2) is 0 Å². The molecule has 19 heavy (non-hydrogen) atoms. The van der Waals surface area contributed by atoms with Crippen molar-refractivity contribution in [1.29, 1.82) is 5.26 Å². The Morgan fingerprint density at radius 2 is 2.11 bits per heavy atom. The summed E-state index contributed by atoms with van der Waals surface area (Å²) in [6.45, 7) is 4.99. The van der Waals surface area contributed by atoms with Crippen LogP contribution < -0.4 is 5.32 Å². The van der Waals surface area contributed by atoms with Crippen molar-refractivity contribution in [2.75, 3.05) is 13.2 Å². The lowest BCUT2D eigenvalue weighted by Gasteiger charge is -2.25. The van der Waals surface area contributed by atoms with Crippen LogP contribution in [0.4, 0.5) is 0 Å². The van der Waals surface area contributed by atoms with Gasteiger partial charge in [-0.1, -0.05) is 29.8 Å². The zero-order chi connectivity index (χ0) is 13.8. The van der Waals surface area contributed by atoms with E-state index >= 15 is 0 Å². The molecule has 1 N–H and O–H groups in total. The third-order valence-corrected chi connectivity index (χ3v) is 3.11. The Kier molecular flexibility index (Phi) is 3.98. The fraction of sp³-hybridized carbons (Fsp3) is 0.333. The van der Waals surface area contributed by atoms with Crippen LogP contribution in [-0.4, -0.2) is 25.0 Å². The minimum Gasteiger partial charge on any atom is -0.383 e. The molecular formula is C15H16N2O2. The van der Waals surface area contributed by atoms with Gasteiger partial charge in [-0.3, -0.25) is 4.79 Å². The first-order valence-corrected chi connectivity index (χ1v) is 6.24. The molecule has 4 nitrogen and oxygen atoms in total. The molecule has 0 saturated carbocycles. The van der Waals surface area contributed by atoms with E-state index in [9.17, 15) is 10.1 Å². The van der Waals surface area contributed by atoms with Gasteiger partial charge in [0.25, 0.3) is 0 Å². The predicted molar refractivity (Wildman–Crippen MR) is 71.6 cm³/mol. The number of ketones is 1. The number of hydrogen-bond acceptors (Lipinski definition) is 4. The fourth-order valence-electron chi connectivity index (χ4n) is 2.02. The van der Waals surface area contributed by atoms with Crippen molar-refractivity contribution in [2.24, 2.45) is 0 Å². The van der Waals surface area contributed by atoms with Crippen molar-refractivity contribution in [3.8, 4) is 6.07 Å². The van der Waals surface area contributed by atoms with E-state index in [2.05, 4.69) is 5.32 Å². The van der Waals surface area contributed by atoms with Crippen LogP contribution in [0.1, 0.15) is 22.8 Å². The Morgan fingerprint density at radius 3 is 2.68 bits per heavy atom. The topological polar surface area (TPSA) is 62.1 Å². The van der Waals surface area contributed by atoms with Crippen LogP contribution in [0.3, 0.4) is 0 Å². The van der Waals surface area contributed by atoms with E-state index in [0.717, 1.165) is 5.56 Å². The summed E-state index contributed by atoms with van der Waals surface area (Å²) in [5, 5.41) is 12.4. The average Bonchev–Trinajstić information content (AvgIpc) is 2.42. The maximum Gasteiger partial charge on any atom is 0.205 e. The van der Waals surface area contributed by atoms with E-state index in [1.807, 2.05) is 32.0 Å². The highest BCUT2D eigenvalue weighted by molar-refractivity contribution is 6.11. The van der Waals surface area contributed by atoms with Crippen molar-refractivity contribution >= 4 is 5.78 Å². The number of carbonyl (C=O) groups excluding carboxylic acids is 1. The summed E-state index contributed by atoms with van der Waals surface area (Å²) in [6.07, 6.45) is -0.252. The Hall–Kier alpha value is -2.12. The number of morpholine rings is 1. The van der Waals surface area contributed by atoms with Crippen LogP contribution in [0.15, 0.2) is 35.5 Å². The summed E-state index contributed by atoms with van der Waals surface area (Å²) < 4.78 is 5.45. The molecule has 1 aliphatic heterocycles.